The van der Waals surface area contributed by atoms with Crippen molar-refractivity contribution in [3.05, 3.63) is 199 Å². The van der Waals surface area contributed by atoms with Crippen LogP contribution in [0.5, 0.6) is 0 Å². The third kappa shape index (κ3) is 5.42. The fourth-order valence-corrected chi connectivity index (χ4v) is 7.18. The molecular formula is C48H30N4. The summed E-state index contributed by atoms with van der Waals surface area (Å²) in [7, 11) is 0. The first-order chi connectivity index (χ1) is 25.7. The Morgan fingerprint density at radius 1 is 0.423 bits per heavy atom. The molecule has 52 heavy (non-hydrogen) atoms. The van der Waals surface area contributed by atoms with Crippen LogP contribution in [-0.4, -0.2) is 9.13 Å². The van der Waals surface area contributed by atoms with Crippen LogP contribution in [0.4, 0.5) is 5.69 Å². The summed E-state index contributed by atoms with van der Waals surface area (Å²) in [6, 6.07) is 65.3. The molecule has 9 aromatic rings. The maximum absolute atomic E-state index is 9.55. The van der Waals surface area contributed by atoms with E-state index in [-0.39, 0.29) is 0 Å². The molecule has 0 saturated carbocycles. The maximum Gasteiger partial charge on any atom is 0.187 e. The Morgan fingerprint density at radius 2 is 0.808 bits per heavy atom. The summed E-state index contributed by atoms with van der Waals surface area (Å²) in [6.07, 6.45) is 0. The average Bonchev–Trinajstić information content (AvgIpc) is 3.79. The Morgan fingerprint density at radius 3 is 1.21 bits per heavy atom. The van der Waals surface area contributed by atoms with Gasteiger partial charge in [-0.25, -0.2) is 4.85 Å². The Kier molecular flexibility index (Phi) is 7.55. The molecule has 0 aliphatic carbocycles. The van der Waals surface area contributed by atoms with Crippen molar-refractivity contribution in [3.8, 4) is 62.2 Å². The number of hydrogen-bond donors (Lipinski definition) is 0. The molecule has 0 aliphatic heterocycles. The minimum atomic E-state index is 0.610. The molecule has 0 spiro atoms. The lowest BCUT2D eigenvalue weighted by atomic mass is 10.0. The molecular weight excluding hydrogens is 633 g/mol. The monoisotopic (exact) mass is 662 g/mol. The van der Waals surface area contributed by atoms with Gasteiger partial charge in [-0.3, -0.25) is 0 Å². The first kappa shape index (κ1) is 30.6. The summed E-state index contributed by atoms with van der Waals surface area (Å²) in [5.41, 5.74) is 14.4. The van der Waals surface area contributed by atoms with Crippen molar-refractivity contribution in [2.45, 2.75) is 0 Å². The molecule has 0 N–H and O–H groups in total. The van der Waals surface area contributed by atoms with E-state index in [4.69, 9.17) is 6.57 Å². The molecule has 0 bridgehead atoms. The number of benzene rings is 7. The standard InChI is InChI=1S/C48H30N4/c1-50-42-22-26-44(27-23-42)52-46(39-20-16-37(17-21-39)35-10-6-3-7-11-35)29-41-30-47-40(31-48(41)52)28-45(51(47)43-24-12-33(32-49)13-25-43)38-18-14-36(15-19-38)34-8-4-2-5-9-34/h2-31H. The van der Waals surface area contributed by atoms with E-state index in [9.17, 15) is 5.26 Å². The summed E-state index contributed by atoms with van der Waals surface area (Å²) in [6.45, 7) is 7.52. The van der Waals surface area contributed by atoms with E-state index in [0.29, 0.717) is 11.3 Å². The van der Waals surface area contributed by atoms with Crippen LogP contribution in [-0.2, 0) is 0 Å². The summed E-state index contributed by atoms with van der Waals surface area (Å²) in [4.78, 5) is 3.64. The van der Waals surface area contributed by atoms with Gasteiger partial charge in [-0.05, 0) is 94.0 Å². The van der Waals surface area contributed by atoms with Gasteiger partial charge in [0, 0.05) is 22.1 Å². The molecule has 0 unspecified atom stereocenters. The highest BCUT2D eigenvalue weighted by Crippen LogP contribution is 2.39. The Bertz CT molecular complexity index is 2590. The fourth-order valence-electron chi connectivity index (χ4n) is 7.18. The van der Waals surface area contributed by atoms with Crippen molar-refractivity contribution in [3.63, 3.8) is 0 Å². The van der Waals surface area contributed by atoms with Crippen LogP contribution in [0, 0.1) is 17.9 Å². The second-order valence-corrected chi connectivity index (χ2v) is 12.9. The highest BCUT2D eigenvalue weighted by molar-refractivity contribution is 6.02. The van der Waals surface area contributed by atoms with Gasteiger partial charge < -0.3 is 9.13 Å². The first-order valence-electron chi connectivity index (χ1n) is 17.2. The number of rotatable bonds is 6. The largest absolute Gasteiger partial charge is 0.309 e. The molecule has 9 rings (SSSR count). The van der Waals surface area contributed by atoms with E-state index in [1.54, 1.807) is 0 Å². The summed E-state index contributed by atoms with van der Waals surface area (Å²) < 4.78 is 4.59. The SMILES string of the molecule is [C-]#[N+]c1ccc(-n2c(-c3ccc(-c4ccccc4)cc3)cc3cc4c(cc(-c5ccc(-c6ccccc6)cc5)n4-c4ccc(C#N)cc4)cc32)cc1. The predicted octanol–water partition coefficient (Wildman–Crippen LogP) is 12.7. The second-order valence-electron chi connectivity index (χ2n) is 12.9. The number of nitrogens with zero attached hydrogens (tertiary/aromatic N) is 4. The van der Waals surface area contributed by atoms with Crippen molar-refractivity contribution in [2.24, 2.45) is 0 Å². The zero-order valence-electron chi connectivity index (χ0n) is 28.1. The van der Waals surface area contributed by atoms with Crippen LogP contribution in [0.25, 0.3) is 82.8 Å². The average molecular weight is 663 g/mol. The zero-order chi connectivity index (χ0) is 35.0. The molecule has 2 heterocycles. The molecule has 7 aromatic carbocycles. The van der Waals surface area contributed by atoms with Gasteiger partial charge in [0.05, 0.1) is 40.6 Å². The lowest BCUT2D eigenvalue weighted by molar-refractivity contribution is 1.13. The lowest BCUT2D eigenvalue weighted by Crippen LogP contribution is -1.98. The van der Waals surface area contributed by atoms with Gasteiger partial charge in [0.1, 0.15) is 0 Å². The predicted molar refractivity (Wildman–Crippen MR) is 213 cm³/mol. The molecule has 2 aromatic heterocycles. The zero-order valence-corrected chi connectivity index (χ0v) is 28.1. The van der Waals surface area contributed by atoms with E-state index in [0.717, 1.165) is 55.7 Å². The number of hydrogen-bond acceptors (Lipinski definition) is 1. The topological polar surface area (TPSA) is 38.0 Å². The third-order valence-corrected chi connectivity index (χ3v) is 9.79. The smallest absolute Gasteiger partial charge is 0.187 e. The van der Waals surface area contributed by atoms with Gasteiger partial charge >= 0.3 is 0 Å². The number of aromatic nitrogens is 2. The van der Waals surface area contributed by atoms with Gasteiger partial charge in [-0.1, -0.05) is 121 Å². The van der Waals surface area contributed by atoms with E-state index in [2.05, 4.69) is 141 Å². The molecule has 242 valence electrons. The minimum absolute atomic E-state index is 0.610. The normalized spacial score (nSPS) is 11.0. The number of nitriles is 1. The van der Waals surface area contributed by atoms with E-state index < -0.39 is 0 Å². The van der Waals surface area contributed by atoms with Crippen LogP contribution < -0.4 is 0 Å². The van der Waals surface area contributed by atoms with Crippen molar-refractivity contribution < 1.29 is 0 Å². The molecule has 0 fully saturated rings. The van der Waals surface area contributed by atoms with Crippen molar-refractivity contribution in [1.82, 2.24) is 9.13 Å². The van der Waals surface area contributed by atoms with Crippen molar-refractivity contribution in [1.29, 1.82) is 5.26 Å². The molecule has 0 atom stereocenters. The van der Waals surface area contributed by atoms with E-state index in [1.807, 2.05) is 60.7 Å². The summed E-state index contributed by atoms with van der Waals surface area (Å²) in [5, 5.41) is 11.7. The highest BCUT2D eigenvalue weighted by atomic mass is 15.0. The Labute approximate surface area is 302 Å². The molecule has 4 nitrogen and oxygen atoms in total. The van der Waals surface area contributed by atoms with Crippen LogP contribution >= 0.6 is 0 Å². The van der Waals surface area contributed by atoms with Crippen molar-refractivity contribution in [2.75, 3.05) is 0 Å². The van der Waals surface area contributed by atoms with E-state index in [1.165, 1.54) is 22.3 Å². The summed E-state index contributed by atoms with van der Waals surface area (Å²) >= 11 is 0. The Hall–Kier alpha value is -7.40. The van der Waals surface area contributed by atoms with Gasteiger partial charge in [0.2, 0.25) is 0 Å². The van der Waals surface area contributed by atoms with Crippen LogP contribution in [0.1, 0.15) is 5.56 Å². The van der Waals surface area contributed by atoms with E-state index >= 15 is 0 Å². The fraction of sp³-hybridized carbons (Fsp3) is 0. The van der Waals surface area contributed by atoms with Gasteiger partial charge in [0.25, 0.3) is 0 Å². The third-order valence-electron chi connectivity index (χ3n) is 9.79. The van der Waals surface area contributed by atoms with Crippen LogP contribution in [0.2, 0.25) is 0 Å². The Balaban J connectivity index is 1.25. The number of fused-ring (bicyclic) bond motifs is 2. The van der Waals surface area contributed by atoms with Crippen LogP contribution in [0.3, 0.4) is 0 Å². The maximum atomic E-state index is 9.55. The van der Waals surface area contributed by atoms with Crippen molar-refractivity contribution >= 4 is 27.5 Å². The highest BCUT2D eigenvalue weighted by Gasteiger charge is 2.19. The molecule has 0 aliphatic rings. The van der Waals surface area contributed by atoms with Gasteiger partial charge in [-0.15, -0.1) is 0 Å². The van der Waals surface area contributed by atoms with Gasteiger partial charge in [0.15, 0.2) is 5.69 Å². The van der Waals surface area contributed by atoms with Gasteiger partial charge in [-0.2, -0.15) is 5.26 Å². The molecule has 0 radical (unpaired) electrons. The molecule has 0 amide bonds. The van der Waals surface area contributed by atoms with Crippen LogP contribution in [0.15, 0.2) is 182 Å². The lowest BCUT2D eigenvalue weighted by Gasteiger charge is -2.13. The molecule has 4 heteroatoms. The first-order valence-corrected chi connectivity index (χ1v) is 17.2. The second kappa shape index (κ2) is 12.8. The summed E-state index contributed by atoms with van der Waals surface area (Å²) in [5.74, 6) is 0. The quantitative estimate of drug-likeness (QED) is 0.163. The molecule has 0 saturated heterocycles. The minimum Gasteiger partial charge on any atom is -0.309 e.